The van der Waals surface area contributed by atoms with Crippen LogP contribution in [-0.4, -0.2) is 15.9 Å². The average molecular weight is 318 g/mol. The molecule has 0 saturated heterocycles. The van der Waals surface area contributed by atoms with Gasteiger partial charge in [-0.2, -0.15) is 0 Å². The Labute approximate surface area is 140 Å². The van der Waals surface area contributed by atoms with Gasteiger partial charge in [0.05, 0.1) is 12.4 Å². The summed E-state index contributed by atoms with van der Waals surface area (Å²) in [5.74, 6) is 0.308. The summed E-state index contributed by atoms with van der Waals surface area (Å²) < 4.78 is 0. The summed E-state index contributed by atoms with van der Waals surface area (Å²) in [5.41, 5.74) is 4.28. The van der Waals surface area contributed by atoms with Crippen LogP contribution in [0.3, 0.4) is 0 Å². The predicted octanol–water partition coefficient (Wildman–Crippen LogP) is 4.09. The van der Waals surface area contributed by atoms with E-state index in [9.17, 15) is 4.79 Å². The van der Waals surface area contributed by atoms with Crippen molar-refractivity contribution in [2.75, 3.05) is 10.6 Å². The number of amides is 1. The molecule has 1 amide bonds. The van der Waals surface area contributed by atoms with Crippen molar-refractivity contribution in [1.82, 2.24) is 9.97 Å². The quantitative estimate of drug-likeness (QED) is 0.760. The summed E-state index contributed by atoms with van der Waals surface area (Å²) in [6.07, 6.45) is 3.01. The molecule has 0 bridgehead atoms. The molecule has 120 valence electrons. The third kappa shape index (κ3) is 3.95. The second-order valence-corrected chi connectivity index (χ2v) is 5.61. The van der Waals surface area contributed by atoms with E-state index in [2.05, 4.69) is 26.7 Å². The fourth-order valence-corrected chi connectivity index (χ4v) is 2.42. The summed E-state index contributed by atoms with van der Waals surface area (Å²) in [6.45, 7) is 4.09. The second kappa shape index (κ2) is 6.91. The summed E-state index contributed by atoms with van der Waals surface area (Å²) in [7, 11) is 0. The van der Waals surface area contributed by atoms with Gasteiger partial charge in [0.1, 0.15) is 11.5 Å². The molecule has 3 rings (SSSR count). The molecule has 0 spiro atoms. The molecule has 0 unspecified atom stereocenters. The van der Waals surface area contributed by atoms with Gasteiger partial charge in [0.25, 0.3) is 5.91 Å². The maximum Gasteiger partial charge on any atom is 0.275 e. The van der Waals surface area contributed by atoms with Crippen LogP contribution in [0.4, 0.5) is 17.2 Å². The Kier molecular flexibility index (Phi) is 4.52. The zero-order valence-corrected chi connectivity index (χ0v) is 13.6. The first-order chi connectivity index (χ1) is 11.6. The van der Waals surface area contributed by atoms with Crippen LogP contribution in [0, 0.1) is 13.8 Å². The number of aryl methyl sites for hydroxylation is 2. The van der Waals surface area contributed by atoms with E-state index in [1.165, 1.54) is 17.3 Å². The van der Waals surface area contributed by atoms with E-state index in [-0.39, 0.29) is 11.6 Å². The number of carbonyl (C=O) groups is 1. The lowest BCUT2D eigenvalue weighted by Crippen LogP contribution is -2.14. The lowest BCUT2D eigenvalue weighted by atomic mass is 10.1. The monoisotopic (exact) mass is 318 g/mol. The zero-order valence-electron chi connectivity index (χ0n) is 13.6. The van der Waals surface area contributed by atoms with Crippen LogP contribution in [0.25, 0.3) is 0 Å². The van der Waals surface area contributed by atoms with Crippen LogP contribution in [0.2, 0.25) is 0 Å². The first-order valence-corrected chi connectivity index (χ1v) is 7.64. The number of hydrogen-bond acceptors (Lipinski definition) is 4. The van der Waals surface area contributed by atoms with Gasteiger partial charge in [-0.25, -0.2) is 9.97 Å². The molecule has 5 nitrogen and oxygen atoms in total. The average Bonchev–Trinajstić information content (AvgIpc) is 2.55. The molecule has 5 heteroatoms. The Bertz CT molecular complexity index is 825. The minimum atomic E-state index is -0.286. The van der Waals surface area contributed by atoms with Crippen LogP contribution in [0.5, 0.6) is 0 Å². The van der Waals surface area contributed by atoms with Crippen molar-refractivity contribution in [2.45, 2.75) is 13.8 Å². The molecule has 0 saturated carbocycles. The van der Waals surface area contributed by atoms with Crippen molar-refractivity contribution in [2.24, 2.45) is 0 Å². The number of carbonyl (C=O) groups excluding carboxylic acids is 1. The first-order valence-electron chi connectivity index (χ1n) is 7.64. The lowest BCUT2D eigenvalue weighted by molar-refractivity contribution is 0.102. The van der Waals surface area contributed by atoms with E-state index in [1.807, 2.05) is 56.3 Å². The topological polar surface area (TPSA) is 66.9 Å². The van der Waals surface area contributed by atoms with Crippen molar-refractivity contribution in [3.05, 3.63) is 77.7 Å². The van der Waals surface area contributed by atoms with Gasteiger partial charge < -0.3 is 10.6 Å². The Hall–Kier alpha value is -3.21. The highest BCUT2D eigenvalue weighted by atomic mass is 16.1. The fraction of sp³-hybridized carbons (Fsp3) is 0.105. The molecule has 0 aliphatic carbocycles. The van der Waals surface area contributed by atoms with E-state index in [1.54, 1.807) is 6.20 Å². The van der Waals surface area contributed by atoms with E-state index < -0.39 is 0 Å². The molecule has 1 aromatic heterocycles. The van der Waals surface area contributed by atoms with Gasteiger partial charge in [0.2, 0.25) is 0 Å². The Morgan fingerprint density at radius 1 is 0.875 bits per heavy atom. The third-order valence-electron chi connectivity index (χ3n) is 3.41. The van der Waals surface area contributed by atoms with E-state index in [0.29, 0.717) is 5.82 Å². The zero-order chi connectivity index (χ0) is 16.9. The minimum Gasteiger partial charge on any atom is -0.339 e. The summed E-state index contributed by atoms with van der Waals surface area (Å²) >= 11 is 0. The van der Waals surface area contributed by atoms with E-state index in [4.69, 9.17) is 0 Å². The maximum absolute atomic E-state index is 12.1. The highest BCUT2D eigenvalue weighted by molar-refractivity contribution is 6.02. The molecule has 24 heavy (non-hydrogen) atoms. The molecule has 2 N–H and O–H groups in total. The van der Waals surface area contributed by atoms with Crippen molar-refractivity contribution in [1.29, 1.82) is 0 Å². The molecule has 0 atom stereocenters. The number of nitrogens with zero attached hydrogens (tertiary/aromatic N) is 2. The summed E-state index contributed by atoms with van der Waals surface area (Å²) in [6, 6.07) is 15.4. The van der Waals surface area contributed by atoms with E-state index in [0.717, 1.165) is 11.4 Å². The van der Waals surface area contributed by atoms with Gasteiger partial charge >= 0.3 is 0 Å². The van der Waals surface area contributed by atoms with Crippen LogP contribution >= 0.6 is 0 Å². The molecule has 0 aliphatic rings. The van der Waals surface area contributed by atoms with Crippen molar-refractivity contribution >= 4 is 23.1 Å². The normalized spacial score (nSPS) is 10.2. The Morgan fingerprint density at radius 3 is 2.21 bits per heavy atom. The Balaban J connectivity index is 1.70. The smallest absolute Gasteiger partial charge is 0.275 e. The number of rotatable bonds is 4. The van der Waals surface area contributed by atoms with Gasteiger partial charge in [-0.3, -0.25) is 4.79 Å². The Morgan fingerprint density at radius 2 is 1.58 bits per heavy atom. The molecule has 1 heterocycles. The molecule has 0 radical (unpaired) electrons. The van der Waals surface area contributed by atoms with Crippen molar-refractivity contribution < 1.29 is 4.79 Å². The molecule has 0 aliphatic heterocycles. The number of aromatic nitrogens is 2. The van der Waals surface area contributed by atoms with E-state index >= 15 is 0 Å². The second-order valence-electron chi connectivity index (χ2n) is 5.61. The molecule has 3 aromatic rings. The van der Waals surface area contributed by atoms with Gasteiger partial charge in [0, 0.05) is 11.4 Å². The number of nitrogens with one attached hydrogen (secondary N) is 2. The molecule has 2 aromatic carbocycles. The SMILES string of the molecule is Cc1cc(C)cc(Nc2cnc(C(=O)Nc3ccccc3)cn2)c1. The van der Waals surface area contributed by atoms with Crippen LogP contribution < -0.4 is 10.6 Å². The van der Waals surface area contributed by atoms with Gasteiger partial charge in [0.15, 0.2) is 0 Å². The lowest BCUT2D eigenvalue weighted by Gasteiger charge is -2.08. The predicted molar refractivity (Wildman–Crippen MR) is 95.6 cm³/mol. The molecular weight excluding hydrogens is 300 g/mol. The van der Waals surface area contributed by atoms with Crippen LogP contribution in [-0.2, 0) is 0 Å². The number of anilines is 3. The fourth-order valence-electron chi connectivity index (χ4n) is 2.42. The highest BCUT2D eigenvalue weighted by Gasteiger charge is 2.08. The molecule has 0 fully saturated rings. The van der Waals surface area contributed by atoms with Crippen molar-refractivity contribution in [3.63, 3.8) is 0 Å². The number of para-hydroxylation sites is 1. The number of benzene rings is 2. The third-order valence-corrected chi connectivity index (χ3v) is 3.41. The highest BCUT2D eigenvalue weighted by Crippen LogP contribution is 2.17. The van der Waals surface area contributed by atoms with Gasteiger partial charge in [-0.05, 0) is 49.2 Å². The van der Waals surface area contributed by atoms with Gasteiger partial charge in [-0.1, -0.05) is 24.3 Å². The standard InChI is InChI=1S/C19H18N4O/c1-13-8-14(2)10-16(9-13)22-18-12-20-17(11-21-18)19(24)23-15-6-4-3-5-7-15/h3-12H,1-2H3,(H,21,22)(H,23,24). The van der Waals surface area contributed by atoms with Gasteiger partial charge in [-0.15, -0.1) is 0 Å². The first kappa shape index (κ1) is 15.7. The summed E-state index contributed by atoms with van der Waals surface area (Å²) in [5, 5.41) is 5.98. The minimum absolute atomic E-state index is 0.268. The van der Waals surface area contributed by atoms with Crippen molar-refractivity contribution in [3.8, 4) is 0 Å². The number of hydrogen-bond donors (Lipinski definition) is 2. The largest absolute Gasteiger partial charge is 0.339 e. The van der Waals surface area contributed by atoms with Crippen LogP contribution in [0.15, 0.2) is 60.9 Å². The van der Waals surface area contributed by atoms with Crippen LogP contribution in [0.1, 0.15) is 21.6 Å². The summed E-state index contributed by atoms with van der Waals surface area (Å²) in [4.78, 5) is 20.6. The molecular formula is C19H18N4O. The maximum atomic E-state index is 12.1.